The van der Waals surface area contributed by atoms with E-state index in [1.807, 2.05) is 0 Å². The maximum Gasteiger partial charge on any atom is 0.288 e. The third kappa shape index (κ3) is 2.95. The van der Waals surface area contributed by atoms with Gasteiger partial charge in [0.2, 0.25) is 10.1 Å². The highest BCUT2D eigenvalue weighted by Crippen LogP contribution is 2.24. The third-order valence-electron chi connectivity index (χ3n) is 4.31. The first-order chi connectivity index (χ1) is 11.2. The van der Waals surface area contributed by atoms with Gasteiger partial charge in [0.25, 0.3) is 11.5 Å². The average molecular weight is 333 g/mol. The van der Waals surface area contributed by atoms with Crippen LogP contribution in [0.25, 0.3) is 4.96 Å². The smallest absolute Gasteiger partial charge is 0.288 e. The lowest BCUT2D eigenvalue weighted by Gasteiger charge is -2.17. The summed E-state index contributed by atoms with van der Waals surface area (Å²) < 4.78 is 1.27. The van der Waals surface area contributed by atoms with Gasteiger partial charge in [0.05, 0.1) is 0 Å². The van der Waals surface area contributed by atoms with E-state index in [4.69, 9.17) is 0 Å². The van der Waals surface area contributed by atoms with Crippen molar-refractivity contribution in [2.45, 2.75) is 44.6 Å². The van der Waals surface area contributed by atoms with Crippen LogP contribution in [0.15, 0.2) is 11.0 Å². The number of amides is 1. The molecule has 2 aromatic rings. The first-order valence-electron chi connectivity index (χ1n) is 8.17. The van der Waals surface area contributed by atoms with Crippen molar-refractivity contribution < 1.29 is 4.79 Å². The zero-order chi connectivity index (χ0) is 15.8. The highest BCUT2D eigenvalue weighted by atomic mass is 32.1. The zero-order valence-electron chi connectivity index (χ0n) is 12.8. The molecule has 1 saturated carbocycles. The molecule has 122 valence electrons. The Morgan fingerprint density at radius 3 is 2.65 bits per heavy atom. The van der Waals surface area contributed by atoms with Crippen LogP contribution in [-0.4, -0.2) is 39.6 Å². The Labute approximate surface area is 137 Å². The van der Waals surface area contributed by atoms with Crippen LogP contribution >= 0.6 is 11.3 Å². The summed E-state index contributed by atoms with van der Waals surface area (Å²) in [5, 5.41) is 8.06. The van der Waals surface area contributed by atoms with Gasteiger partial charge in [0.15, 0.2) is 0 Å². The lowest BCUT2D eigenvalue weighted by Crippen LogP contribution is -2.33. The van der Waals surface area contributed by atoms with Crippen molar-refractivity contribution >= 4 is 27.3 Å². The van der Waals surface area contributed by atoms with Crippen molar-refractivity contribution in [1.82, 2.24) is 19.9 Å². The molecule has 0 atom stereocenters. The van der Waals surface area contributed by atoms with Crippen LogP contribution in [0, 0.1) is 0 Å². The van der Waals surface area contributed by atoms with Gasteiger partial charge in [-0.15, -0.1) is 5.10 Å². The summed E-state index contributed by atoms with van der Waals surface area (Å²) in [7, 11) is 0. The second kappa shape index (κ2) is 5.92. The maximum atomic E-state index is 12.5. The van der Waals surface area contributed by atoms with Crippen molar-refractivity contribution in [2.75, 3.05) is 18.0 Å². The predicted octanol–water partition coefficient (Wildman–Crippen LogP) is 1.42. The Morgan fingerprint density at radius 1 is 1.22 bits per heavy atom. The molecule has 1 aliphatic heterocycles. The minimum Gasteiger partial charge on any atom is -0.349 e. The van der Waals surface area contributed by atoms with E-state index in [0.29, 0.717) is 4.96 Å². The van der Waals surface area contributed by atoms with E-state index < -0.39 is 0 Å². The molecule has 0 bridgehead atoms. The molecule has 0 spiro atoms. The summed E-state index contributed by atoms with van der Waals surface area (Å²) in [6.45, 7) is 1.92. The number of fused-ring (bicyclic) bond motifs is 1. The predicted molar refractivity (Wildman–Crippen MR) is 88.3 cm³/mol. The summed E-state index contributed by atoms with van der Waals surface area (Å²) >= 11 is 1.41. The Balaban J connectivity index is 1.66. The highest BCUT2D eigenvalue weighted by Gasteiger charge is 2.26. The Hall–Kier alpha value is -1.96. The molecule has 0 aromatic carbocycles. The molecule has 0 radical (unpaired) electrons. The molecule has 2 aromatic heterocycles. The molecule has 2 fully saturated rings. The van der Waals surface area contributed by atoms with Crippen molar-refractivity contribution in [3.63, 3.8) is 0 Å². The Morgan fingerprint density at radius 2 is 1.96 bits per heavy atom. The van der Waals surface area contributed by atoms with E-state index in [-0.39, 0.29) is 23.1 Å². The van der Waals surface area contributed by atoms with Gasteiger partial charge < -0.3 is 10.2 Å². The minimum absolute atomic E-state index is 0.0714. The van der Waals surface area contributed by atoms with Crippen molar-refractivity contribution in [1.29, 1.82) is 0 Å². The minimum atomic E-state index is -0.384. The van der Waals surface area contributed by atoms with Crippen LogP contribution < -0.4 is 15.8 Å². The molecular weight excluding hydrogens is 314 g/mol. The topological polar surface area (TPSA) is 79.6 Å². The first-order valence-corrected chi connectivity index (χ1v) is 8.99. The summed E-state index contributed by atoms with van der Waals surface area (Å²) in [4.78, 5) is 31.7. The lowest BCUT2D eigenvalue weighted by molar-refractivity contribution is 0.0949. The SMILES string of the molecule is O=C(NC1CC1)c1cnc2sc(N3CCCCCC3)nn2c1=O. The normalized spacial score (nSPS) is 18.9. The number of carbonyl (C=O) groups excluding carboxylic acids is 1. The van der Waals surface area contributed by atoms with Gasteiger partial charge in [-0.1, -0.05) is 24.2 Å². The van der Waals surface area contributed by atoms with E-state index >= 15 is 0 Å². The van der Waals surface area contributed by atoms with Crippen LogP contribution in [-0.2, 0) is 0 Å². The van der Waals surface area contributed by atoms with E-state index in [9.17, 15) is 9.59 Å². The zero-order valence-corrected chi connectivity index (χ0v) is 13.6. The number of rotatable bonds is 3. The second-order valence-electron chi connectivity index (χ2n) is 6.21. The van der Waals surface area contributed by atoms with Crippen LogP contribution in [0.1, 0.15) is 48.9 Å². The van der Waals surface area contributed by atoms with E-state index in [1.165, 1.54) is 34.9 Å². The van der Waals surface area contributed by atoms with E-state index in [1.54, 1.807) is 0 Å². The van der Waals surface area contributed by atoms with Gasteiger partial charge in [-0.2, -0.15) is 4.52 Å². The number of aromatic nitrogens is 3. The molecule has 7 nitrogen and oxygen atoms in total. The average Bonchev–Trinajstić information content (AvgIpc) is 3.30. The quantitative estimate of drug-likeness (QED) is 0.919. The molecule has 0 unspecified atom stereocenters. The monoisotopic (exact) mass is 333 g/mol. The summed E-state index contributed by atoms with van der Waals surface area (Å²) in [6, 6.07) is 0.214. The van der Waals surface area contributed by atoms with Crippen molar-refractivity contribution in [2.24, 2.45) is 0 Å². The van der Waals surface area contributed by atoms with E-state index in [0.717, 1.165) is 43.9 Å². The molecular formula is C15H19N5O2S. The summed E-state index contributed by atoms with van der Waals surface area (Å²) in [5.74, 6) is -0.344. The third-order valence-corrected chi connectivity index (χ3v) is 5.29. The number of hydrogen-bond donors (Lipinski definition) is 1. The molecule has 2 aliphatic rings. The molecule has 3 heterocycles. The second-order valence-corrected chi connectivity index (χ2v) is 7.14. The van der Waals surface area contributed by atoms with E-state index in [2.05, 4.69) is 20.3 Å². The molecule has 1 amide bonds. The van der Waals surface area contributed by atoms with Gasteiger partial charge in [0.1, 0.15) is 5.56 Å². The summed E-state index contributed by atoms with van der Waals surface area (Å²) in [5.41, 5.74) is -0.312. The molecule has 4 rings (SSSR count). The van der Waals surface area contributed by atoms with Crippen LogP contribution in [0.2, 0.25) is 0 Å². The standard InChI is InChI=1S/C15H19N5O2S/c21-12(17-10-5-6-10)11-9-16-14-20(13(11)22)18-15(23-14)19-7-3-1-2-4-8-19/h9-10H,1-8H2,(H,17,21). The van der Waals surface area contributed by atoms with Gasteiger partial charge in [0, 0.05) is 25.3 Å². The van der Waals surface area contributed by atoms with Gasteiger partial charge in [-0.05, 0) is 25.7 Å². The molecule has 1 N–H and O–H groups in total. The molecule has 23 heavy (non-hydrogen) atoms. The fraction of sp³-hybridized carbons (Fsp3) is 0.600. The fourth-order valence-corrected chi connectivity index (χ4v) is 3.73. The number of anilines is 1. The number of nitrogens with zero attached hydrogens (tertiary/aromatic N) is 4. The van der Waals surface area contributed by atoms with Gasteiger partial charge in [-0.3, -0.25) is 9.59 Å². The number of nitrogens with one attached hydrogen (secondary N) is 1. The fourth-order valence-electron chi connectivity index (χ4n) is 2.81. The molecule has 8 heteroatoms. The van der Waals surface area contributed by atoms with Crippen LogP contribution in [0.4, 0.5) is 5.13 Å². The molecule has 1 saturated heterocycles. The van der Waals surface area contributed by atoms with Crippen LogP contribution in [0.5, 0.6) is 0 Å². The number of hydrogen-bond acceptors (Lipinski definition) is 6. The first kappa shape index (κ1) is 14.6. The lowest BCUT2D eigenvalue weighted by atomic mass is 10.2. The van der Waals surface area contributed by atoms with Crippen molar-refractivity contribution in [3.05, 3.63) is 22.1 Å². The highest BCUT2D eigenvalue weighted by molar-refractivity contribution is 7.20. The maximum absolute atomic E-state index is 12.5. The Bertz CT molecular complexity index is 787. The molecule has 1 aliphatic carbocycles. The largest absolute Gasteiger partial charge is 0.349 e. The van der Waals surface area contributed by atoms with Gasteiger partial charge in [-0.25, -0.2) is 4.98 Å². The summed E-state index contributed by atoms with van der Waals surface area (Å²) in [6.07, 6.45) is 8.12. The van der Waals surface area contributed by atoms with Gasteiger partial charge >= 0.3 is 0 Å². The van der Waals surface area contributed by atoms with Crippen molar-refractivity contribution in [3.8, 4) is 0 Å². The number of carbonyl (C=O) groups is 1. The van der Waals surface area contributed by atoms with Crippen LogP contribution in [0.3, 0.4) is 0 Å². The Kier molecular flexibility index (Phi) is 3.76.